The van der Waals surface area contributed by atoms with Crippen LogP contribution in [0.4, 0.5) is 0 Å². The highest BCUT2D eigenvalue weighted by Gasteiger charge is 2.42. The van der Waals surface area contributed by atoms with Crippen molar-refractivity contribution in [3.63, 3.8) is 0 Å². The number of aliphatic imine (C=N–C) groups is 1. The Morgan fingerprint density at radius 3 is 2.77 bits per heavy atom. The topological polar surface area (TPSA) is 51.2 Å². The monoisotopic (exact) mass is 351 g/mol. The molecule has 1 fully saturated rings. The van der Waals surface area contributed by atoms with Crippen LogP contribution in [0, 0.1) is 5.92 Å². The molecule has 0 unspecified atom stereocenters. The fourth-order valence-electron chi connectivity index (χ4n) is 4.35. The first-order valence-corrected chi connectivity index (χ1v) is 9.62. The van der Waals surface area contributed by atoms with Gasteiger partial charge in [0.15, 0.2) is 0 Å². The van der Waals surface area contributed by atoms with Crippen LogP contribution in [0.1, 0.15) is 12.0 Å². The molecule has 0 atom stereocenters. The lowest BCUT2D eigenvalue weighted by molar-refractivity contribution is -0.125. The van der Waals surface area contributed by atoms with Gasteiger partial charge in [0.25, 0.3) is 5.91 Å². The third-order valence-corrected chi connectivity index (χ3v) is 5.84. The smallest absolute Gasteiger partial charge is 0.259 e. The summed E-state index contributed by atoms with van der Waals surface area (Å²) in [6, 6.07) is 10.5. The van der Waals surface area contributed by atoms with E-state index in [0.29, 0.717) is 5.92 Å². The van der Waals surface area contributed by atoms with Crippen molar-refractivity contribution in [1.29, 1.82) is 0 Å². The Labute approximate surface area is 154 Å². The molecule has 136 valence electrons. The van der Waals surface area contributed by atoms with Crippen LogP contribution in [0.5, 0.6) is 0 Å². The van der Waals surface area contributed by atoms with Gasteiger partial charge in [-0.1, -0.05) is 30.3 Å². The largest absolute Gasteiger partial charge is 0.316 e. The van der Waals surface area contributed by atoms with E-state index in [0.717, 1.165) is 70.3 Å². The number of carbonyl (C=O) groups is 1. The second-order valence-electron chi connectivity index (χ2n) is 7.64. The molecule has 0 aliphatic carbocycles. The molecule has 4 aliphatic heterocycles. The van der Waals surface area contributed by atoms with E-state index >= 15 is 0 Å². The third-order valence-electron chi connectivity index (χ3n) is 5.84. The van der Waals surface area contributed by atoms with Crippen LogP contribution in [0.15, 0.2) is 46.6 Å². The molecule has 26 heavy (non-hydrogen) atoms. The van der Waals surface area contributed by atoms with Crippen molar-refractivity contribution < 1.29 is 4.79 Å². The predicted octanol–water partition coefficient (Wildman–Crippen LogP) is 0.880. The molecule has 1 saturated heterocycles. The predicted molar refractivity (Wildman–Crippen MR) is 100 cm³/mol. The molecule has 1 aromatic carbocycles. The Kier molecular flexibility index (Phi) is 4.02. The van der Waals surface area contributed by atoms with Crippen LogP contribution >= 0.6 is 0 Å². The van der Waals surface area contributed by atoms with E-state index in [1.165, 1.54) is 11.3 Å². The number of amides is 1. The molecule has 4 aliphatic rings. The van der Waals surface area contributed by atoms with Crippen LogP contribution in [-0.4, -0.2) is 72.4 Å². The number of fused-ring (bicyclic) bond motifs is 2. The first-order chi connectivity index (χ1) is 12.8. The summed E-state index contributed by atoms with van der Waals surface area (Å²) in [6.45, 7) is 7.15. The maximum Gasteiger partial charge on any atom is 0.259 e. The van der Waals surface area contributed by atoms with Crippen LogP contribution in [0.2, 0.25) is 0 Å². The number of hydrogen-bond acceptors (Lipinski definition) is 5. The maximum atomic E-state index is 13.3. The van der Waals surface area contributed by atoms with E-state index in [-0.39, 0.29) is 5.91 Å². The summed E-state index contributed by atoms with van der Waals surface area (Å²) in [4.78, 5) is 24.6. The van der Waals surface area contributed by atoms with E-state index in [4.69, 9.17) is 0 Å². The lowest BCUT2D eigenvalue weighted by Crippen LogP contribution is -2.58. The van der Waals surface area contributed by atoms with E-state index in [1.807, 2.05) is 11.0 Å². The van der Waals surface area contributed by atoms with Crippen LogP contribution in [0.25, 0.3) is 0 Å². The van der Waals surface area contributed by atoms with Crippen molar-refractivity contribution in [3.05, 3.63) is 47.2 Å². The zero-order valence-electron chi connectivity index (χ0n) is 15.0. The van der Waals surface area contributed by atoms with Crippen molar-refractivity contribution in [2.45, 2.75) is 13.0 Å². The molecular formula is C20H25N5O. The SMILES string of the molecule is O=C1C2=C(CCN(Cc3ccccc3)C2)N2CCN=C2N1CC1CNC1. The summed E-state index contributed by atoms with van der Waals surface area (Å²) in [5.41, 5.74) is 3.51. The molecular weight excluding hydrogens is 326 g/mol. The van der Waals surface area contributed by atoms with Gasteiger partial charge in [-0.3, -0.25) is 19.6 Å². The molecule has 1 amide bonds. The van der Waals surface area contributed by atoms with Crippen molar-refractivity contribution in [3.8, 4) is 0 Å². The van der Waals surface area contributed by atoms with Gasteiger partial charge >= 0.3 is 0 Å². The minimum atomic E-state index is 0.182. The van der Waals surface area contributed by atoms with Gasteiger partial charge in [0.05, 0.1) is 12.1 Å². The normalized spacial score (nSPS) is 23.7. The Bertz CT molecular complexity index is 768. The van der Waals surface area contributed by atoms with Gasteiger partial charge in [0.1, 0.15) is 0 Å². The fourth-order valence-corrected chi connectivity index (χ4v) is 4.35. The number of carbonyl (C=O) groups excluding carboxylic acids is 1. The average Bonchev–Trinajstić information content (AvgIpc) is 3.11. The number of rotatable bonds is 4. The number of hydrogen-bond donors (Lipinski definition) is 1. The van der Waals surface area contributed by atoms with Gasteiger partial charge in [0, 0.05) is 63.8 Å². The maximum absolute atomic E-state index is 13.3. The summed E-state index contributed by atoms with van der Waals surface area (Å²) in [6.07, 6.45) is 0.936. The Morgan fingerprint density at radius 1 is 1.15 bits per heavy atom. The molecule has 5 rings (SSSR count). The fraction of sp³-hybridized carbons (Fsp3) is 0.500. The number of nitrogens with zero attached hydrogens (tertiary/aromatic N) is 4. The highest BCUT2D eigenvalue weighted by Crippen LogP contribution is 2.32. The number of benzene rings is 1. The Hall–Kier alpha value is -2.18. The second-order valence-corrected chi connectivity index (χ2v) is 7.64. The summed E-state index contributed by atoms with van der Waals surface area (Å²) in [5.74, 6) is 1.63. The molecule has 0 spiro atoms. The number of guanidine groups is 1. The minimum Gasteiger partial charge on any atom is -0.316 e. The van der Waals surface area contributed by atoms with Crippen molar-refractivity contribution in [2.24, 2.45) is 10.9 Å². The van der Waals surface area contributed by atoms with Crippen LogP contribution in [-0.2, 0) is 11.3 Å². The van der Waals surface area contributed by atoms with E-state index < -0.39 is 0 Å². The van der Waals surface area contributed by atoms with Crippen molar-refractivity contribution in [2.75, 3.05) is 45.8 Å². The van der Waals surface area contributed by atoms with E-state index in [1.54, 1.807) is 0 Å². The lowest BCUT2D eigenvalue weighted by Gasteiger charge is -2.43. The molecule has 4 heterocycles. The molecule has 1 aromatic rings. The van der Waals surface area contributed by atoms with Gasteiger partial charge in [-0.15, -0.1) is 0 Å². The van der Waals surface area contributed by atoms with Gasteiger partial charge < -0.3 is 10.2 Å². The van der Waals surface area contributed by atoms with Crippen molar-refractivity contribution >= 4 is 11.9 Å². The molecule has 6 heteroatoms. The van der Waals surface area contributed by atoms with Gasteiger partial charge in [-0.2, -0.15) is 0 Å². The highest BCUT2D eigenvalue weighted by atomic mass is 16.2. The third kappa shape index (κ3) is 2.73. The summed E-state index contributed by atoms with van der Waals surface area (Å²) >= 11 is 0. The van der Waals surface area contributed by atoms with Crippen LogP contribution < -0.4 is 5.32 Å². The zero-order chi connectivity index (χ0) is 17.5. The summed E-state index contributed by atoms with van der Waals surface area (Å²) < 4.78 is 0. The molecule has 1 N–H and O–H groups in total. The lowest BCUT2D eigenvalue weighted by atomic mass is 9.98. The van der Waals surface area contributed by atoms with Crippen LogP contribution in [0.3, 0.4) is 0 Å². The van der Waals surface area contributed by atoms with E-state index in [9.17, 15) is 4.79 Å². The average molecular weight is 351 g/mol. The molecule has 6 nitrogen and oxygen atoms in total. The van der Waals surface area contributed by atoms with Gasteiger partial charge in [-0.25, -0.2) is 0 Å². The molecule has 0 saturated carbocycles. The quantitative estimate of drug-likeness (QED) is 0.875. The summed E-state index contributed by atoms with van der Waals surface area (Å²) in [5, 5.41) is 3.30. The minimum absolute atomic E-state index is 0.182. The molecule has 0 bridgehead atoms. The van der Waals surface area contributed by atoms with Gasteiger partial charge in [0.2, 0.25) is 5.96 Å². The molecule has 0 radical (unpaired) electrons. The summed E-state index contributed by atoms with van der Waals surface area (Å²) in [7, 11) is 0. The zero-order valence-corrected chi connectivity index (χ0v) is 15.0. The second kappa shape index (κ2) is 6.52. The standard InChI is InChI=1S/C20H25N5O/c26-19-17-14-23(12-15-4-2-1-3-5-15)8-6-18(17)24-9-7-22-20(24)25(19)13-16-10-21-11-16/h1-5,16,21H,6-14H2. The first-order valence-electron chi connectivity index (χ1n) is 9.62. The Morgan fingerprint density at radius 2 is 2.00 bits per heavy atom. The van der Waals surface area contributed by atoms with E-state index in [2.05, 4.69) is 44.4 Å². The first kappa shape index (κ1) is 16.0. The molecule has 0 aromatic heterocycles. The highest BCUT2D eigenvalue weighted by molar-refractivity contribution is 6.10. The van der Waals surface area contributed by atoms with Crippen molar-refractivity contribution in [1.82, 2.24) is 20.0 Å². The van der Waals surface area contributed by atoms with Gasteiger partial charge in [-0.05, 0) is 5.56 Å². The number of nitrogens with one attached hydrogen (secondary N) is 1. The Balaban J connectivity index is 1.38.